The summed E-state index contributed by atoms with van der Waals surface area (Å²) in [7, 11) is 1.41. The van der Waals surface area contributed by atoms with Crippen LogP contribution in [0.15, 0.2) is 24.0 Å². The molecule has 0 unspecified atom stereocenters. The van der Waals surface area contributed by atoms with Crippen molar-refractivity contribution in [3.8, 4) is 11.5 Å². The first-order chi connectivity index (χ1) is 7.47. The molecule has 0 saturated heterocycles. The predicted octanol–water partition coefficient (Wildman–Crippen LogP) is 1.77. The van der Waals surface area contributed by atoms with Gasteiger partial charge < -0.3 is 20.1 Å². The summed E-state index contributed by atoms with van der Waals surface area (Å²) in [5, 5.41) is 27.3. The number of aliphatic hydroxyl groups excluding tert-OH is 1. The number of hydrogen-bond acceptors (Lipinski definition) is 4. The Hall–Kier alpha value is -2.17. The Morgan fingerprint density at radius 3 is 2.38 bits per heavy atom. The van der Waals surface area contributed by atoms with Crippen LogP contribution in [-0.4, -0.2) is 28.4 Å². The second kappa shape index (κ2) is 4.57. The first kappa shape index (κ1) is 11.9. The molecule has 0 saturated carbocycles. The molecular formula is C11H12O5. The number of rotatable bonds is 3. The number of aromatic hydroxyl groups is 1. The van der Waals surface area contributed by atoms with Crippen LogP contribution in [0.1, 0.15) is 12.5 Å². The zero-order chi connectivity index (χ0) is 12.3. The highest BCUT2D eigenvalue weighted by Gasteiger charge is 2.12. The monoisotopic (exact) mass is 224 g/mol. The summed E-state index contributed by atoms with van der Waals surface area (Å²) in [5.74, 6) is -1.98. The van der Waals surface area contributed by atoms with E-state index in [-0.39, 0.29) is 17.1 Å². The van der Waals surface area contributed by atoms with Crippen molar-refractivity contribution in [2.75, 3.05) is 7.11 Å². The number of ether oxygens (including phenoxy) is 1. The minimum Gasteiger partial charge on any atom is -0.504 e. The molecule has 16 heavy (non-hydrogen) atoms. The van der Waals surface area contributed by atoms with Crippen LogP contribution in [0, 0.1) is 0 Å². The van der Waals surface area contributed by atoms with Gasteiger partial charge in [0, 0.05) is 5.57 Å². The zero-order valence-corrected chi connectivity index (χ0v) is 8.89. The number of hydrogen-bond donors (Lipinski definition) is 3. The fourth-order valence-electron chi connectivity index (χ4n) is 1.22. The number of phenols is 1. The molecule has 5 heteroatoms. The van der Waals surface area contributed by atoms with Gasteiger partial charge >= 0.3 is 5.97 Å². The Morgan fingerprint density at radius 2 is 1.94 bits per heavy atom. The average Bonchev–Trinajstić information content (AvgIpc) is 2.26. The third-order valence-electron chi connectivity index (χ3n) is 2.17. The van der Waals surface area contributed by atoms with E-state index in [1.54, 1.807) is 6.07 Å². The molecule has 0 aliphatic heterocycles. The molecule has 0 amide bonds. The van der Waals surface area contributed by atoms with Gasteiger partial charge in [-0.15, -0.1) is 0 Å². The Morgan fingerprint density at radius 1 is 1.31 bits per heavy atom. The van der Waals surface area contributed by atoms with Crippen LogP contribution in [0.25, 0.3) is 5.57 Å². The highest BCUT2D eigenvalue weighted by molar-refractivity contribution is 5.93. The van der Waals surface area contributed by atoms with E-state index in [1.165, 1.54) is 26.2 Å². The lowest BCUT2D eigenvalue weighted by Gasteiger charge is -2.07. The molecule has 0 heterocycles. The van der Waals surface area contributed by atoms with Crippen LogP contribution in [0.2, 0.25) is 0 Å². The molecule has 0 fully saturated rings. The first-order valence-corrected chi connectivity index (χ1v) is 4.48. The number of allylic oxidation sites excluding steroid dienone is 1. The van der Waals surface area contributed by atoms with Crippen molar-refractivity contribution in [1.29, 1.82) is 0 Å². The van der Waals surface area contributed by atoms with Crippen molar-refractivity contribution >= 4 is 11.5 Å². The summed E-state index contributed by atoms with van der Waals surface area (Å²) in [4.78, 5) is 10.5. The van der Waals surface area contributed by atoms with Crippen molar-refractivity contribution in [2.45, 2.75) is 6.92 Å². The van der Waals surface area contributed by atoms with E-state index < -0.39 is 11.7 Å². The Kier molecular flexibility index (Phi) is 3.40. The molecule has 5 nitrogen and oxygen atoms in total. The minimum atomic E-state index is -1.41. The second-order valence-electron chi connectivity index (χ2n) is 3.17. The number of methoxy groups -OCH3 is 1. The van der Waals surface area contributed by atoms with E-state index in [2.05, 4.69) is 0 Å². The SMILES string of the molecule is COc1ccc(C(C)=C(O)C(=O)O)cc1O. The summed E-state index contributed by atoms with van der Waals surface area (Å²) in [6.07, 6.45) is 0. The number of phenolic OH excluding ortho intramolecular Hbond substituents is 1. The maximum Gasteiger partial charge on any atom is 0.371 e. The van der Waals surface area contributed by atoms with Crippen molar-refractivity contribution in [2.24, 2.45) is 0 Å². The van der Waals surface area contributed by atoms with Gasteiger partial charge in [0.15, 0.2) is 11.5 Å². The molecule has 1 rings (SSSR count). The zero-order valence-electron chi connectivity index (χ0n) is 8.89. The largest absolute Gasteiger partial charge is 0.504 e. The Labute approximate surface area is 92.2 Å². The van der Waals surface area contributed by atoms with E-state index >= 15 is 0 Å². The van der Waals surface area contributed by atoms with Gasteiger partial charge in [-0.2, -0.15) is 0 Å². The van der Waals surface area contributed by atoms with E-state index in [0.717, 1.165) is 0 Å². The van der Waals surface area contributed by atoms with Gasteiger partial charge in [-0.05, 0) is 24.6 Å². The maximum atomic E-state index is 10.5. The highest BCUT2D eigenvalue weighted by Crippen LogP contribution is 2.29. The van der Waals surface area contributed by atoms with E-state index in [1.807, 2.05) is 0 Å². The summed E-state index contributed by atoms with van der Waals surface area (Å²) in [6.45, 7) is 1.45. The Balaban J connectivity index is 3.21. The number of carboxylic acid groups (broad SMARTS) is 1. The van der Waals surface area contributed by atoms with Crippen molar-refractivity contribution in [3.63, 3.8) is 0 Å². The molecule has 0 radical (unpaired) electrons. The number of carbonyl (C=O) groups is 1. The van der Waals surface area contributed by atoms with Crippen LogP contribution in [0.3, 0.4) is 0 Å². The predicted molar refractivity (Wildman–Crippen MR) is 57.5 cm³/mol. The average molecular weight is 224 g/mol. The lowest BCUT2D eigenvalue weighted by molar-refractivity contribution is -0.135. The van der Waals surface area contributed by atoms with Crippen LogP contribution >= 0.6 is 0 Å². The fraction of sp³-hybridized carbons (Fsp3) is 0.182. The smallest absolute Gasteiger partial charge is 0.371 e. The molecule has 86 valence electrons. The Bertz CT molecular complexity index is 448. The van der Waals surface area contributed by atoms with Gasteiger partial charge in [0.05, 0.1) is 7.11 Å². The molecule has 0 bridgehead atoms. The van der Waals surface area contributed by atoms with Crippen LogP contribution < -0.4 is 4.74 Å². The van der Waals surface area contributed by atoms with E-state index in [9.17, 15) is 15.0 Å². The molecule has 1 aromatic rings. The molecular weight excluding hydrogens is 212 g/mol. The maximum absolute atomic E-state index is 10.5. The van der Waals surface area contributed by atoms with Gasteiger partial charge in [0.2, 0.25) is 5.76 Å². The number of aliphatic hydroxyl groups is 1. The summed E-state index contributed by atoms with van der Waals surface area (Å²) < 4.78 is 4.84. The van der Waals surface area contributed by atoms with Crippen LogP contribution in [-0.2, 0) is 4.79 Å². The summed E-state index contributed by atoms with van der Waals surface area (Å²) in [6, 6.07) is 4.36. The lowest BCUT2D eigenvalue weighted by Crippen LogP contribution is -2.01. The van der Waals surface area contributed by atoms with Crippen LogP contribution in [0.4, 0.5) is 0 Å². The van der Waals surface area contributed by atoms with Crippen molar-refractivity contribution < 1.29 is 24.9 Å². The minimum absolute atomic E-state index is 0.113. The van der Waals surface area contributed by atoms with Crippen molar-refractivity contribution in [1.82, 2.24) is 0 Å². The summed E-state index contributed by atoms with van der Waals surface area (Å²) >= 11 is 0. The normalized spacial score (nSPS) is 11.9. The quantitative estimate of drug-likeness (QED) is 0.538. The molecule has 0 aliphatic rings. The van der Waals surface area contributed by atoms with Crippen LogP contribution in [0.5, 0.6) is 11.5 Å². The molecule has 0 aromatic heterocycles. The molecule has 0 spiro atoms. The topological polar surface area (TPSA) is 87.0 Å². The highest BCUT2D eigenvalue weighted by atomic mass is 16.5. The molecule has 3 N–H and O–H groups in total. The molecule has 1 aromatic carbocycles. The summed E-state index contributed by atoms with van der Waals surface area (Å²) in [5.41, 5.74) is 0.587. The van der Waals surface area contributed by atoms with Gasteiger partial charge in [0.25, 0.3) is 0 Å². The number of aliphatic carboxylic acids is 1. The second-order valence-corrected chi connectivity index (χ2v) is 3.17. The van der Waals surface area contributed by atoms with Gasteiger partial charge in [0.1, 0.15) is 0 Å². The van der Waals surface area contributed by atoms with E-state index in [4.69, 9.17) is 9.84 Å². The third-order valence-corrected chi connectivity index (χ3v) is 2.17. The number of benzene rings is 1. The standard InChI is InChI=1S/C11H12O5/c1-6(10(13)11(14)15)7-3-4-9(16-2)8(12)5-7/h3-5,12-13H,1-2H3,(H,14,15). The first-order valence-electron chi connectivity index (χ1n) is 4.48. The molecule has 0 atom stereocenters. The third kappa shape index (κ3) is 2.25. The molecule has 0 aliphatic carbocycles. The number of carboxylic acids is 1. The van der Waals surface area contributed by atoms with Gasteiger partial charge in [-0.25, -0.2) is 4.79 Å². The lowest BCUT2D eigenvalue weighted by atomic mass is 10.1. The van der Waals surface area contributed by atoms with Gasteiger partial charge in [-0.1, -0.05) is 6.07 Å². The van der Waals surface area contributed by atoms with Gasteiger partial charge in [-0.3, -0.25) is 0 Å². The van der Waals surface area contributed by atoms with Crippen molar-refractivity contribution in [3.05, 3.63) is 29.5 Å². The fourth-order valence-corrected chi connectivity index (χ4v) is 1.22. The van der Waals surface area contributed by atoms with E-state index in [0.29, 0.717) is 5.56 Å².